The van der Waals surface area contributed by atoms with Crippen LogP contribution in [0.15, 0.2) is 35.0 Å². The number of aryl methyl sites for hydroxylation is 2. The SMILES string of the molecule is COc1cc(C)ccc1CN1CCCC[C@@H]1c1[nH]ncc1-c1cc(C)no1. The molecule has 142 valence electrons. The smallest absolute Gasteiger partial charge is 0.170 e. The van der Waals surface area contributed by atoms with E-state index < -0.39 is 0 Å². The molecule has 1 aromatic carbocycles. The number of aromatic amines is 1. The predicted octanol–water partition coefficient (Wildman–Crippen LogP) is 4.42. The molecule has 3 aromatic rings. The summed E-state index contributed by atoms with van der Waals surface area (Å²) in [6.07, 6.45) is 5.35. The van der Waals surface area contributed by atoms with Gasteiger partial charge in [0.25, 0.3) is 0 Å². The van der Waals surface area contributed by atoms with E-state index in [4.69, 9.17) is 9.26 Å². The van der Waals surface area contributed by atoms with Crippen molar-refractivity contribution in [2.75, 3.05) is 13.7 Å². The second kappa shape index (κ2) is 7.56. The number of hydrogen-bond acceptors (Lipinski definition) is 5. The maximum absolute atomic E-state index is 5.62. The number of aromatic nitrogens is 3. The third kappa shape index (κ3) is 3.62. The molecule has 4 rings (SSSR count). The minimum atomic E-state index is 0.271. The van der Waals surface area contributed by atoms with Crippen molar-refractivity contribution in [3.63, 3.8) is 0 Å². The van der Waals surface area contributed by atoms with E-state index in [1.54, 1.807) is 7.11 Å². The van der Waals surface area contributed by atoms with Gasteiger partial charge in [0.15, 0.2) is 5.76 Å². The van der Waals surface area contributed by atoms with E-state index in [2.05, 4.69) is 45.4 Å². The molecule has 1 saturated heterocycles. The van der Waals surface area contributed by atoms with Gasteiger partial charge in [0.05, 0.1) is 36.3 Å². The summed E-state index contributed by atoms with van der Waals surface area (Å²) < 4.78 is 11.1. The molecular formula is C21H26N4O2. The van der Waals surface area contributed by atoms with Gasteiger partial charge in [-0.25, -0.2) is 0 Å². The van der Waals surface area contributed by atoms with Gasteiger partial charge in [-0.3, -0.25) is 10.00 Å². The number of benzene rings is 1. The maximum atomic E-state index is 5.62. The fourth-order valence-electron chi connectivity index (χ4n) is 3.95. The number of likely N-dealkylation sites (tertiary alicyclic amines) is 1. The molecule has 0 saturated carbocycles. The summed E-state index contributed by atoms with van der Waals surface area (Å²) in [5.74, 6) is 1.73. The van der Waals surface area contributed by atoms with Crippen LogP contribution in [-0.2, 0) is 6.54 Å². The van der Waals surface area contributed by atoms with E-state index in [0.717, 1.165) is 48.0 Å². The Morgan fingerprint density at radius 3 is 2.93 bits per heavy atom. The highest BCUT2D eigenvalue weighted by atomic mass is 16.5. The van der Waals surface area contributed by atoms with Crippen molar-refractivity contribution in [3.05, 3.63) is 53.0 Å². The van der Waals surface area contributed by atoms with Crippen LogP contribution >= 0.6 is 0 Å². The van der Waals surface area contributed by atoms with E-state index in [9.17, 15) is 0 Å². The Morgan fingerprint density at radius 2 is 2.15 bits per heavy atom. The van der Waals surface area contributed by atoms with Gasteiger partial charge in [-0.1, -0.05) is 23.7 Å². The van der Waals surface area contributed by atoms with Crippen molar-refractivity contribution in [3.8, 4) is 17.1 Å². The van der Waals surface area contributed by atoms with Gasteiger partial charge < -0.3 is 9.26 Å². The molecular weight excluding hydrogens is 340 g/mol. The standard InChI is InChI=1S/C21H26N4O2/c1-14-7-8-16(19(10-14)26-3)13-25-9-5-4-6-18(25)21-17(12-22-23-21)20-11-15(2)24-27-20/h7-8,10-12,18H,4-6,9,13H2,1-3H3,(H,22,23)/t18-/m1/s1. The zero-order chi connectivity index (χ0) is 18.8. The van der Waals surface area contributed by atoms with Gasteiger partial charge in [0.2, 0.25) is 0 Å². The topological polar surface area (TPSA) is 67.2 Å². The Labute approximate surface area is 159 Å². The highest BCUT2D eigenvalue weighted by molar-refractivity contribution is 5.60. The van der Waals surface area contributed by atoms with E-state index >= 15 is 0 Å². The van der Waals surface area contributed by atoms with E-state index in [-0.39, 0.29) is 6.04 Å². The van der Waals surface area contributed by atoms with Crippen molar-refractivity contribution in [1.29, 1.82) is 0 Å². The van der Waals surface area contributed by atoms with Crippen LogP contribution in [0.4, 0.5) is 0 Å². The Hall–Kier alpha value is -2.60. The number of nitrogens with one attached hydrogen (secondary N) is 1. The predicted molar refractivity (Wildman–Crippen MR) is 104 cm³/mol. The molecule has 1 aliphatic heterocycles. The molecule has 1 fully saturated rings. The number of ether oxygens (including phenoxy) is 1. The largest absolute Gasteiger partial charge is 0.496 e. The average molecular weight is 366 g/mol. The van der Waals surface area contributed by atoms with Gasteiger partial charge in [0, 0.05) is 18.2 Å². The number of H-pyrrole nitrogens is 1. The first-order chi connectivity index (χ1) is 13.2. The monoisotopic (exact) mass is 366 g/mol. The number of hydrogen-bond donors (Lipinski definition) is 1. The van der Waals surface area contributed by atoms with Crippen LogP contribution in [0, 0.1) is 13.8 Å². The van der Waals surface area contributed by atoms with Crippen molar-refractivity contribution in [2.24, 2.45) is 0 Å². The summed E-state index contributed by atoms with van der Waals surface area (Å²) in [5, 5.41) is 11.6. The maximum Gasteiger partial charge on any atom is 0.170 e. The summed E-state index contributed by atoms with van der Waals surface area (Å²) in [4.78, 5) is 2.51. The summed E-state index contributed by atoms with van der Waals surface area (Å²) in [6, 6.07) is 8.66. The van der Waals surface area contributed by atoms with Crippen molar-refractivity contribution < 1.29 is 9.26 Å². The quantitative estimate of drug-likeness (QED) is 0.724. The molecule has 0 amide bonds. The molecule has 2 aromatic heterocycles. The highest BCUT2D eigenvalue weighted by Gasteiger charge is 2.29. The first kappa shape index (κ1) is 17.8. The lowest BCUT2D eigenvalue weighted by molar-refractivity contribution is 0.136. The van der Waals surface area contributed by atoms with Crippen LogP contribution in [0.25, 0.3) is 11.3 Å². The van der Waals surface area contributed by atoms with Crippen LogP contribution < -0.4 is 4.74 Å². The average Bonchev–Trinajstić information content (AvgIpc) is 3.32. The first-order valence-electron chi connectivity index (χ1n) is 9.50. The van der Waals surface area contributed by atoms with Crippen molar-refractivity contribution in [1.82, 2.24) is 20.3 Å². The third-order valence-electron chi connectivity index (χ3n) is 5.33. The fourth-order valence-corrected chi connectivity index (χ4v) is 3.95. The van der Waals surface area contributed by atoms with Gasteiger partial charge in [-0.2, -0.15) is 5.10 Å². The molecule has 0 aliphatic carbocycles. The van der Waals surface area contributed by atoms with E-state index in [1.807, 2.05) is 19.2 Å². The summed E-state index contributed by atoms with van der Waals surface area (Å²) in [5.41, 5.74) is 5.41. The number of piperidine rings is 1. The summed E-state index contributed by atoms with van der Waals surface area (Å²) >= 11 is 0. The molecule has 0 spiro atoms. The highest BCUT2D eigenvalue weighted by Crippen LogP contribution is 2.37. The lowest BCUT2D eigenvalue weighted by Gasteiger charge is -2.35. The van der Waals surface area contributed by atoms with Crippen LogP contribution in [0.1, 0.15) is 47.8 Å². The first-order valence-corrected chi connectivity index (χ1v) is 9.50. The van der Waals surface area contributed by atoms with Crippen LogP contribution in [0.5, 0.6) is 5.75 Å². The third-order valence-corrected chi connectivity index (χ3v) is 5.33. The molecule has 0 radical (unpaired) electrons. The molecule has 27 heavy (non-hydrogen) atoms. The van der Waals surface area contributed by atoms with Gasteiger partial charge in [-0.15, -0.1) is 0 Å². The molecule has 6 heteroatoms. The number of nitrogens with zero attached hydrogens (tertiary/aromatic N) is 3. The molecule has 1 N–H and O–H groups in total. The summed E-state index contributed by atoms with van der Waals surface area (Å²) in [6.45, 7) is 5.92. The van der Waals surface area contributed by atoms with Crippen LogP contribution in [0.2, 0.25) is 0 Å². The second-order valence-electron chi connectivity index (χ2n) is 7.33. The number of rotatable bonds is 5. The molecule has 3 heterocycles. The summed E-state index contributed by atoms with van der Waals surface area (Å²) in [7, 11) is 1.74. The fraction of sp³-hybridized carbons (Fsp3) is 0.429. The Morgan fingerprint density at radius 1 is 1.26 bits per heavy atom. The minimum Gasteiger partial charge on any atom is -0.496 e. The van der Waals surface area contributed by atoms with Crippen molar-refractivity contribution in [2.45, 2.75) is 45.7 Å². The van der Waals surface area contributed by atoms with Gasteiger partial charge in [-0.05, 0) is 44.9 Å². The normalized spacial score (nSPS) is 18.0. The molecule has 1 aliphatic rings. The molecule has 6 nitrogen and oxygen atoms in total. The zero-order valence-electron chi connectivity index (χ0n) is 16.2. The molecule has 1 atom stereocenters. The number of methoxy groups -OCH3 is 1. The Bertz CT molecular complexity index is 915. The minimum absolute atomic E-state index is 0.271. The van der Waals surface area contributed by atoms with E-state index in [1.165, 1.54) is 24.0 Å². The Kier molecular flexibility index (Phi) is 4.99. The molecule has 0 unspecified atom stereocenters. The second-order valence-corrected chi connectivity index (χ2v) is 7.33. The van der Waals surface area contributed by atoms with Gasteiger partial charge >= 0.3 is 0 Å². The van der Waals surface area contributed by atoms with Crippen molar-refractivity contribution >= 4 is 0 Å². The van der Waals surface area contributed by atoms with E-state index in [0.29, 0.717) is 0 Å². The van der Waals surface area contributed by atoms with Crippen LogP contribution in [-0.4, -0.2) is 33.9 Å². The van der Waals surface area contributed by atoms with Gasteiger partial charge in [0.1, 0.15) is 5.75 Å². The zero-order valence-corrected chi connectivity index (χ0v) is 16.2. The lowest BCUT2D eigenvalue weighted by Crippen LogP contribution is -2.33. The lowest BCUT2D eigenvalue weighted by atomic mass is 9.95. The Balaban J connectivity index is 1.64. The molecule has 0 bridgehead atoms. The van der Waals surface area contributed by atoms with Crippen LogP contribution in [0.3, 0.4) is 0 Å².